The van der Waals surface area contributed by atoms with Crippen LogP contribution in [-0.4, -0.2) is 12.7 Å². The quantitative estimate of drug-likeness (QED) is 0.449. The van der Waals surface area contributed by atoms with Gasteiger partial charge in [0.2, 0.25) is 0 Å². The van der Waals surface area contributed by atoms with Gasteiger partial charge in [0.15, 0.2) is 0 Å². The second-order valence-electron chi connectivity index (χ2n) is 7.60. The standard InChI is InChI=1S/C20H34F2O/c1-2-3-4-5-14-23-19-12-10-18(11-13-19)17-8-6-16(7-9-17)15-20(21)22/h15-19H,2-14H2,1H3. The molecule has 0 unspecified atom stereocenters. The molecule has 134 valence electrons. The Morgan fingerprint density at radius 3 is 2.04 bits per heavy atom. The predicted molar refractivity (Wildman–Crippen MR) is 91.6 cm³/mol. The summed E-state index contributed by atoms with van der Waals surface area (Å²) in [5.41, 5.74) is 0. The Morgan fingerprint density at radius 2 is 1.48 bits per heavy atom. The van der Waals surface area contributed by atoms with Gasteiger partial charge < -0.3 is 4.74 Å². The van der Waals surface area contributed by atoms with Crippen molar-refractivity contribution in [1.82, 2.24) is 0 Å². The molecule has 0 aromatic heterocycles. The highest BCUT2D eigenvalue weighted by molar-refractivity contribution is 4.92. The van der Waals surface area contributed by atoms with Gasteiger partial charge >= 0.3 is 0 Å². The summed E-state index contributed by atoms with van der Waals surface area (Å²) in [5, 5.41) is 0. The van der Waals surface area contributed by atoms with Crippen LogP contribution in [0.25, 0.3) is 0 Å². The van der Waals surface area contributed by atoms with E-state index in [2.05, 4.69) is 6.92 Å². The number of allylic oxidation sites excluding steroid dienone is 1. The first-order valence-electron chi connectivity index (χ1n) is 9.83. The van der Waals surface area contributed by atoms with E-state index in [1.165, 1.54) is 57.4 Å². The van der Waals surface area contributed by atoms with E-state index >= 15 is 0 Å². The third-order valence-electron chi connectivity index (χ3n) is 5.92. The molecule has 2 saturated carbocycles. The van der Waals surface area contributed by atoms with E-state index < -0.39 is 6.08 Å². The van der Waals surface area contributed by atoms with Crippen molar-refractivity contribution >= 4 is 0 Å². The number of halogens is 2. The molecule has 2 aliphatic rings. The fourth-order valence-corrected chi connectivity index (χ4v) is 4.47. The van der Waals surface area contributed by atoms with Gasteiger partial charge in [0.05, 0.1) is 6.10 Å². The number of hydrogen-bond donors (Lipinski definition) is 0. The van der Waals surface area contributed by atoms with E-state index in [-0.39, 0.29) is 5.92 Å². The van der Waals surface area contributed by atoms with Crippen molar-refractivity contribution in [2.75, 3.05) is 6.61 Å². The molecule has 0 N–H and O–H groups in total. The SMILES string of the molecule is CCCCCCOC1CCC(C2CCC(C=C(F)F)CC2)CC1. The van der Waals surface area contributed by atoms with Crippen molar-refractivity contribution in [2.24, 2.45) is 17.8 Å². The van der Waals surface area contributed by atoms with Crippen LogP contribution in [0.2, 0.25) is 0 Å². The number of ether oxygens (including phenoxy) is 1. The molecule has 3 heteroatoms. The number of rotatable bonds is 8. The van der Waals surface area contributed by atoms with E-state index in [4.69, 9.17) is 4.74 Å². The normalized spacial score (nSPS) is 31.8. The van der Waals surface area contributed by atoms with Crippen molar-refractivity contribution in [1.29, 1.82) is 0 Å². The van der Waals surface area contributed by atoms with Gasteiger partial charge in [0.25, 0.3) is 6.08 Å². The van der Waals surface area contributed by atoms with E-state index in [1.54, 1.807) is 0 Å². The molecule has 0 amide bonds. The Kier molecular flexibility index (Phi) is 8.57. The van der Waals surface area contributed by atoms with Gasteiger partial charge in [-0.2, -0.15) is 8.78 Å². The van der Waals surface area contributed by atoms with Crippen molar-refractivity contribution < 1.29 is 13.5 Å². The molecule has 2 aliphatic carbocycles. The van der Waals surface area contributed by atoms with Crippen LogP contribution in [0, 0.1) is 17.8 Å². The van der Waals surface area contributed by atoms with Crippen molar-refractivity contribution in [3.05, 3.63) is 12.2 Å². The summed E-state index contributed by atoms with van der Waals surface area (Å²) in [5.74, 6) is 1.71. The number of hydrogen-bond acceptors (Lipinski definition) is 1. The topological polar surface area (TPSA) is 9.23 Å². The van der Waals surface area contributed by atoms with Crippen LogP contribution in [-0.2, 0) is 4.74 Å². The number of unbranched alkanes of at least 4 members (excludes halogenated alkanes) is 3. The lowest BCUT2D eigenvalue weighted by Gasteiger charge is -2.37. The summed E-state index contributed by atoms with van der Waals surface area (Å²) < 4.78 is 30.7. The Bertz CT molecular complexity index is 336. The van der Waals surface area contributed by atoms with E-state index in [0.717, 1.165) is 44.1 Å². The highest BCUT2D eigenvalue weighted by Crippen LogP contribution is 2.41. The van der Waals surface area contributed by atoms with Crippen LogP contribution in [0.4, 0.5) is 8.78 Å². The summed E-state index contributed by atoms with van der Waals surface area (Å²) >= 11 is 0. The van der Waals surface area contributed by atoms with Gasteiger partial charge in [-0.25, -0.2) is 0 Å². The van der Waals surface area contributed by atoms with Gasteiger partial charge in [-0.1, -0.05) is 26.2 Å². The summed E-state index contributed by atoms with van der Waals surface area (Å²) in [4.78, 5) is 0. The van der Waals surface area contributed by atoms with Crippen molar-refractivity contribution in [2.45, 2.75) is 90.1 Å². The lowest BCUT2D eigenvalue weighted by Crippen LogP contribution is -2.28. The van der Waals surface area contributed by atoms with E-state index in [1.807, 2.05) is 0 Å². The predicted octanol–water partition coefficient (Wildman–Crippen LogP) is 6.73. The smallest absolute Gasteiger partial charge is 0.266 e. The average molecular weight is 328 g/mol. The molecule has 0 bridgehead atoms. The molecular formula is C20H34F2O. The second-order valence-corrected chi connectivity index (χ2v) is 7.60. The van der Waals surface area contributed by atoms with Crippen molar-refractivity contribution in [3.8, 4) is 0 Å². The fourth-order valence-electron chi connectivity index (χ4n) is 4.47. The summed E-state index contributed by atoms with van der Waals surface area (Å²) in [6.45, 7) is 3.17. The first kappa shape index (κ1) is 18.9. The zero-order chi connectivity index (χ0) is 16.5. The van der Waals surface area contributed by atoms with Gasteiger partial charge in [-0.15, -0.1) is 0 Å². The van der Waals surface area contributed by atoms with Crippen LogP contribution in [0.1, 0.15) is 84.0 Å². The second kappa shape index (κ2) is 10.4. The van der Waals surface area contributed by atoms with Crippen LogP contribution >= 0.6 is 0 Å². The minimum Gasteiger partial charge on any atom is -0.378 e. The van der Waals surface area contributed by atoms with Crippen LogP contribution in [0.5, 0.6) is 0 Å². The zero-order valence-electron chi connectivity index (χ0n) is 14.7. The maximum Gasteiger partial charge on any atom is 0.266 e. The first-order chi connectivity index (χ1) is 11.2. The summed E-state index contributed by atoms with van der Waals surface area (Å²) in [6, 6.07) is 0. The Balaban J connectivity index is 1.59. The van der Waals surface area contributed by atoms with Crippen molar-refractivity contribution in [3.63, 3.8) is 0 Å². The Hall–Kier alpha value is -0.440. The average Bonchev–Trinajstić information content (AvgIpc) is 2.55. The third-order valence-corrected chi connectivity index (χ3v) is 5.92. The molecule has 0 atom stereocenters. The molecule has 2 rings (SSSR count). The molecule has 0 radical (unpaired) electrons. The maximum atomic E-state index is 12.3. The van der Waals surface area contributed by atoms with Crippen LogP contribution in [0.3, 0.4) is 0 Å². The molecular weight excluding hydrogens is 294 g/mol. The maximum absolute atomic E-state index is 12.3. The largest absolute Gasteiger partial charge is 0.378 e. The van der Waals surface area contributed by atoms with Gasteiger partial charge in [0.1, 0.15) is 0 Å². The molecule has 0 aromatic rings. The molecule has 0 heterocycles. The molecule has 0 spiro atoms. The van der Waals surface area contributed by atoms with Crippen LogP contribution < -0.4 is 0 Å². The summed E-state index contributed by atoms with van der Waals surface area (Å²) in [7, 11) is 0. The van der Waals surface area contributed by atoms with Gasteiger partial charge in [-0.3, -0.25) is 0 Å². The fraction of sp³-hybridized carbons (Fsp3) is 0.900. The molecule has 0 aliphatic heterocycles. The monoisotopic (exact) mass is 328 g/mol. The van der Waals surface area contributed by atoms with E-state index in [0.29, 0.717) is 6.10 Å². The molecule has 2 fully saturated rings. The Labute approximate surface area is 140 Å². The highest BCUT2D eigenvalue weighted by atomic mass is 19.3. The van der Waals surface area contributed by atoms with Gasteiger partial charge in [-0.05, 0) is 81.6 Å². The van der Waals surface area contributed by atoms with Gasteiger partial charge in [0, 0.05) is 6.61 Å². The highest BCUT2D eigenvalue weighted by Gasteiger charge is 2.30. The lowest BCUT2D eigenvalue weighted by atomic mass is 9.70. The lowest BCUT2D eigenvalue weighted by molar-refractivity contribution is 0.00593. The zero-order valence-corrected chi connectivity index (χ0v) is 14.7. The molecule has 1 nitrogen and oxygen atoms in total. The molecule has 23 heavy (non-hydrogen) atoms. The minimum atomic E-state index is -1.50. The third kappa shape index (κ3) is 6.91. The minimum absolute atomic E-state index is 0.124. The Morgan fingerprint density at radius 1 is 0.870 bits per heavy atom. The molecule has 0 aromatic carbocycles. The van der Waals surface area contributed by atoms with E-state index in [9.17, 15) is 8.78 Å². The molecule has 0 saturated heterocycles. The van der Waals surface area contributed by atoms with Crippen LogP contribution in [0.15, 0.2) is 12.2 Å². The summed E-state index contributed by atoms with van der Waals surface area (Å²) in [6.07, 6.45) is 14.4. The first-order valence-corrected chi connectivity index (χ1v) is 9.83.